The zero-order valence-electron chi connectivity index (χ0n) is 9.08. The smallest absolute Gasteiger partial charge is 0.321 e. The fraction of sp³-hybridized carbons (Fsp3) is 0.200. The number of rotatable bonds is 2. The normalized spacial score (nSPS) is 10.5. The molecule has 1 aromatic heterocycles. The summed E-state index contributed by atoms with van der Waals surface area (Å²) in [5, 5.41) is 5.88. The molecule has 4 nitrogen and oxygen atoms in total. The average Bonchev–Trinajstić information content (AvgIpc) is 2.60. The van der Waals surface area contributed by atoms with E-state index in [1.807, 2.05) is 19.1 Å². The van der Waals surface area contributed by atoms with E-state index in [9.17, 15) is 4.79 Å². The van der Waals surface area contributed by atoms with E-state index >= 15 is 0 Å². The first-order valence-electron chi connectivity index (χ1n) is 5.00. The van der Waals surface area contributed by atoms with Crippen molar-refractivity contribution < 1.29 is 4.79 Å². The Balaban J connectivity index is 2.32. The molecule has 2 aromatic rings. The van der Waals surface area contributed by atoms with Crippen molar-refractivity contribution in [1.82, 2.24) is 10.3 Å². The molecule has 7 heteroatoms. The van der Waals surface area contributed by atoms with Crippen LogP contribution in [-0.2, 0) is 0 Å². The van der Waals surface area contributed by atoms with Crippen LogP contribution in [0.3, 0.4) is 0 Å². The van der Waals surface area contributed by atoms with Crippen molar-refractivity contribution >= 4 is 68.6 Å². The highest BCUT2D eigenvalue weighted by molar-refractivity contribution is 14.1. The summed E-state index contributed by atoms with van der Waals surface area (Å²) in [5.74, 6) is 0. The SMILES string of the molecule is [B]c1cc(I)cc2nc(NC(=O)NCC)sc12. The highest BCUT2D eigenvalue weighted by Crippen LogP contribution is 2.25. The largest absolute Gasteiger partial charge is 0.338 e. The molecule has 0 atom stereocenters. The van der Waals surface area contributed by atoms with Gasteiger partial charge >= 0.3 is 6.03 Å². The minimum Gasteiger partial charge on any atom is -0.338 e. The zero-order valence-corrected chi connectivity index (χ0v) is 12.1. The number of thiazole rings is 1. The van der Waals surface area contributed by atoms with E-state index in [4.69, 9.17) is 7.85 Å². The summed E-state index contributed by atoms with van der Waals surface area (Å²) in [4.78, 5) is 15.7. The van der Waals surface area contributed by atoms with E-state index in [1.165, 1.54) is 11.3 Å². The molecule has 2 radical (unpaired) electrons. The van der Waals surface area contributed by atoms with E-state index in [-0.39, 0.29) is 6.03 Å². The van der Waals surface area contributed by atoms with Crippen LogP contribution in [-0.4, -0.2) is 25.4 Å². The Morgan fingerprint density at radius 2 is 2.35 bits per heavy atom. The summed E-state index contributed by atoms with van der Waals surface area (Å²) < 4.78 is 1.93. The van der Waals surface area contributed by atoms with E-state index < -0.39 is 0 Å². The molecule has 0 aliphatic rings. The number of benzene rings is 1. The minimum atomic E-state index is -0.250. The van der Waals surface area contributed by atoms with Crippen molar-refractivity contribution in [2.75, 3.05) is 11.9 Å². The third kappa shape index (κ3) is 2.89. The third-order valence-corrected chi connectivity index (χ3v) is 3.70. The zero-order chi connectivity index (χ0) is 12.4. The molecule has 2 amide bonds. The number of halogens is 1. The predicted molar refractivity (Wildman–Crippen MR) is 80.4 cm³/mol. The molecular weight excluding hydrogens is 348 g/mol. The third-order valence-electron chi connectivity index (χ3n) is 2.04. The van der Waals surface area contributed by atoms with Gasteiger partial charge in [0.25, 0.3) is 0 Å². The van der Waals surface area contributed by atoms with E-state index in [0.717, 1.165) is 13.8 Å². The number of carbonyl (C=O) groups is 1. The second-order valence-electron chi connectivity index (χ2n) is 3.35. The monoisotopic (exact) mass is 357 g/mol. The van der Waals surface area contributed by atoms with Crippen molar-refractivity contribution in [2.24, 2.45) is 0 Å². The Labute approximate surface area is 118 Å². The molecule has 1 aromatic carbocycles. The summed E-state index contributed by atoms with van der Waals surface area (Å²) in [5.41, 5.74) is 1.50. The Kier molecular flexibility index (Phi) is 3.88. The van der Waals surface area contributed by atoms with Crippen LogP contribution < -0.4 is 16.1 Å². The topological polar surface area (TPSA) is 54.0 Å². The van der Waals surface area contributed by atoms with E-state index in [0.29, 0.717) is 17.1 Å². The number of hydrogen-bond donors (Lipinski definition) is 2. The molecular formula is C10H9BIN3OS. The van der Waals surface area contributed by atoms with Crippen LogP contribution in [0.25, 0.3) is 10.2 Å². The molecule has 1 heterocycles. The first-order valence-corrected chi connectivity index (χ1v) is 6.90. The van der Waals surface area contributed by atoms with Crippen LogP contribution in [0.15, 0.2) is 12.1 Å². The van der Waals surface area contributed by atoms with Gasteiger partial charge in [0.1, 0.15) is 7.85 Å². The summed E-state index contributed by atoms with van der Waals surface area (Å²) in [6.45, 7) is 2.44. The van der Waals surface area contributed by atoms with Crippen LogP contribution >= 0.6 is 33.9 Å². The van der Waals surface area contributed by atoms with Crippen LogP contribution in [0.4, 0.5) is 9.93 Å². The molecule has 0 aliphatic carbocycles. The second-order valence-corrected chi connectivity index (χ2v) is 5.59. The highest BCUT2D eigenvalue weighted by Gasteiger charge is 2.09. The van der Waals surface area contributed by atoms with Crippen LogP contribution in [0.5, 0.6) is 0 Å². The van der Waals surface area contributed by atoms with Crippen molar-refractivity contribution in [2.45, 2.75) is 6.92 Å². The number of carbonyl (C=O) groups excluding carboxylic acids is 1. The number of fused-ring (bicyclic) bond motifs is 1. The maximum Gasteiger partial charge on any atom is 0.321 e. The minimum absolute atomic E-state index is 0.250. The maximum absolute atomic E-state index is 11.4. The van der Waals surface area contributed by atoms with Crippen LogP contribution in [0.2, 0.25) is 0 Å². The number of nitrogens with zero attached hydrogens (tertiary/aromatic N) is 1. The predicted octanol–water partition coefficient (Wildman–Crippen LogP) is 1.84. The van der Waals surface area contributed by atoms with Crippen LogP contribution in [0, 0.1) is 3.57 Å². The number of nitrogens with one attached hydrogen (secondary N) is 2. The van der Waals surface area contributed by atoms with Gasteiger partial charge in [-0.25, -0.2) is 9.78 Å². The van der Waals surface area contributed by atoms with Crippen molar-refractivity contribution in [1.29, 1.82) is 0 Å². The second kappa shape index (κ2) is 5.22. The Hall–Kier alpha value is -0.825. The molecule has 0 spiro atoms. The van der Waals surface area contributed by atoms with Gasteiger partial charge in [-0.05, 0) is 35.6 Å². The van der Waals surface area contributed by atoms with Gasteiger partial charge in [-0.1, -0.05) is 22.9 Å². The number of amides is 2. The van der Waals surface area contributed by atoms with Gasteiger partial charge < -0.3 is 5.32 Å². The van der Waals surface area contributed by atoms with Crippen molar-refractivity contribution in [3.63, 3.8) is 0 Å². The lowest BCUT2D eigenvalue weighted by molar-refractivity contribution is 0.252. The summed E-state index contributed by atoms with van der Waals surface area (Å²) >= 11 is 3.56. The first kappa shape index (κ1) is 12.6. The molecule has 17 heavy (non-hydrogen) atoms. The Bertz CT molecular complexity index is 572. The van der Waals surface area contributed by atoms with Gasteiger partial charge in [0.05, 0.1) is 5.52 Å². The molecule has 0 fully saturated rings. The van der Waals surface area contributed by atoms with Gasteiger partial charge in [-0.15, -0.1) is 0 Å². The fourth-order valence-electron chi connectivity index (χ4n) is 1.38. The number of anilines is 1. The molecule has 86 valence electrons. The number of hydrogen-bond acceptors (Lipinski definition) is 3. The van der Waals surface area contributed by atoms with Gasteiger partial charge in [0, 0.05) is 14.8 Å². The molecule has 2 N–H and O–H groups in total. The molecule has 0 unspecified atom stereocenters. The molecule has 0 saturated heterocycles. The molecule has 0 saturated carbocycles. The van der Waals surface area contributed by atoms with Crippen LogP contribution in [0.1, 0.15) is 6.92 Å². The fourth-order valence-corrected chi connectivity index (χ4v) is 2.88. The van der Waals surface area contributed by atoms with Crippen molar-refractivity contribution in [3.8, 4) is 0 Å². The summed E-state index contributed by atoms with van der Waals surface area (Å²) in [6.07, 6.45) is 0. The van der Waals surface area contributed by atoms with Crippen molar-refractivity contribution in [3.05, 3.63) is 15.7 Å². The van der Waals surface area contributed by atoms with Gasteiger partial charge in [-0.2, -0.15) is 0 Å². The standard InChI is InChI=1S/C10H9BIN3OS/c1-2-13-9(16)15-10-14-7-4-5(12)3-6(11)8(7)17-10/h3-4H,2H2,1H3,(H2,13,14,15,16). The Morgan fingerprint density at radius 3 is 3.06 bits per heavy atom. The molecule has 0 aliphatic heterocycles. The van der Waals surface area contributed by atoms with Gasteiger partial charge in [-0.3, -0.25) is 5.32 Å². The average molecular weight is 357 g/mol. The van der Waals surface area contributed by atoms with E-state index in [2.05, 4.69) is 38.2 Å². The highest BCUT2D eigenvalue weighted by atomic mass is 127. The number of aromatic nitrogens is 1. The quantitative estimate of drug-likeness (QED) is 0.637. The van der Waals surface area contributed by atoms with E-state index in [1.54, 1.807) is 0 Å². The van der Waals surface area contributed by atoms with Gasteiger partial charge in [0.15, 0.2) is 5.13 Å². The maximum atomic E-state index is 11.4. The lowest BCUT2D eigenvalue weighted by Crippen LogP contribution is -2.28. The summed E-state index contributed by atoms with van der Waals surface area (Å²) in [6, 6.07) is 3.57. The van der Waals surface area contributed by atoms with Gasteiger partial charge in [0.2, 0.25) is 0 Å². The first-order chi connectivity index (χ1) is 8.10. The molecule has 0 bridgehead atoms. The number of urea groups is 1. The summed E-state index contributed by atoms with van der Waals surface area (Å²) in [7, 11) is 5.90. The lowest BCUT2D eigenvalue weighted by atomic mass is 9.96. The molecule has 2 rings (SSSR count). The lowest BCUT2D eigenvalue weighted by Gasteiger charge is -2.00. The Morgan fingerprint density at radius 1 is 1.59 bits per heavy atom.